The van der Waals surface area contributed by atoms with Gasteiger partial charge in [0.2, 0.25) is 0 Å². The molecular weight excluding hydrogens is 372 g/mol. The minimum Gasteiger partial charge on any atom is -0.490 e. The summed E-state index contributed by atoms with van der Waals surface area (Å²) in [5.41, 5.74) is 11.7. The van der Waals surface area contributed by atoms with Gasteiger partial charge in [0.15, 0.2) is 0 Å². The van der Waals surface area contributed by atoms with Crippen LogP contribution in [0.5, 0.6) is 5.75 Å². The second kappa shape index (κ2) is 7.97. The van der Waals surface area contributed by atoms with Crippen LogP contribution in [0.2, 0.25) is 0 Å². The van der Waals surface area contributed by atoms with Crippen LogP contribution in [-0.2, 0) is 6.42 Å². The van der Waals surface area contributed by atoms with Crippen LogP contribution in [0, 0.1) is 0 Å². The first-order chi connectivity index (χ1) is 14.8. The lowest BCUT2D eigenvalue weighted by Crippen LogP contribution is -2.30. The molecule has 3 aromatic heterocycles. The van der Waals surface area contributed by atoms with E-state index >= 15 is 0 Å². The fourth-order valence-electron chi connectivity index (χ4n) is 3.76. The standard InChI is InChI=1S/C25H22N4O/c26-21(11-20-14-29-25-6-2-1-5-23(20)25)16-30-22-12-19(13-27-15-22)17-7-8-24-18(10-17)4-3-9-28-24/h1-10,12-15,21,29H,11,16,26H2/t21-/m1/s1. The molecule has 5 heteroatoms. The molecule has 3 heterocycles. The van der Waals surface area contributed by atoms with Gasteiger partial charge in [-0.2, -0.15) is 0 Å². The average Bonchev–Trinajstić information content (AvgIpc) is 3.20. The van der Waals surface area contributed by atoms with Crippen molar-refractivity contribution in [2.75, 3.05) is 6.61 Å². The molecule has 0 radical (unpaired) electrons. The lowest BCUT2D eigenvalue weighted by Gasteiger charge is -2.13. The molecule has 3 N–H and O–H groups in total. The molecule has 0 aliphatic heterocycles. The molecular formula is C25H22N4O. The summed E-state index contributed by atoms with van der Waals surface area (Å²) in [5, 5.41) is 2.31. The Hall–Kier alpha value is -3.70. The number of H-pyrrole nitrogens is 1. The number of benzene rings is 2. The Morgan fingerprint density at radius 1 is 0.967 bits per heavy atom. The third-order valence-electron chi connectivity index (χ3n) is 5.27. The van der Waals surface area contributed by atoms with Crippen LogP contribution in [0.15, 0.2) is 85.5 Å². The minimum atomic E-state index is -0.111. The van der Waals surface area contributed by atoms with Crippen molar-refractivity contribution in [2.45, 2.75) is 12.5 Å². The van der Waals surface area contributed by atoms with E-state index in [2.05, 4.69) is 45.3 Å². The topological polar surface area (TPSA) is 76.8 Å². The van der Waals surface area contributed by atoms with Gasteiger partial charge in [0.1, 0.15) is 12.4 Å². The molecule has 1 atom stereocenters. The molecule has 0 fully saturated rings. The van der Waals surface area contributed by atoms with E-state index in [1.807, 2.05) is 42.7 Å². The number of aromatic amines is 1. The Kier molecular flexibility index (Phi) is 4.87. The largest absolute Gasteiger partial charge is 0.490 e. The van der Waals surface area contributed by atoms with Crippen molar-refractivity contribution in [1.82, 2.24) is 15.0 Å². The predicted molar refractivity (Wildman–Crippen MR) is 120 cm³/mol. The van der Waals surface area contributed by atoms with E-state index in [1.54, 1.807) is 12.4 Å². The molecule has 0 bridgehead atoms. The van der Waals surface area contributed by atoms with Crippen LogP contribution in [0.25, 0.3) is 32.9 Å². The molecule has 30 heavy (non-hydrogen) atoms. The van der Waals surface area contributed by atoms with Gasteiger partial charge in [0.05, 0.1) is 11.7 Å². The third-order valence-corrected chi connectivity index (χ3v) is 5.27. The van der Waals surface area contributed by atoms with Crippen molar-refractivity contribution in [3.8, 4) is 16.9 Å². The van der Waals surface area contributed by atoms with E-state index in [0.717, 1.165) is 34.0 Å². The Balaban J connectivity index is 1.28. The zero-order valence-corrected chi connectivity index (χ0v) is 16.5. The maximum absolute atomic E-state index is 6.35. The SMILES string of the molecule is N[C@@H](COc1cncc(-c2ccc3ncccc3c2)c1)Cc1c[nH]c2ccccc12. The van der Waals surface area contributed by atoms with Gasteiger partial charge in [-0.1, -0.05) is 30.3 Å². The van der Waals surface area contributed by atoms with Gasteiger partial charge in [0, 0.05) is 46.5 Å². The molecule has 0 saturated heterocycles. The Labute approximate surface area is 174 Å². The zero-order chi connectivity index (χ0) is 20.3. The highest BCUT2D eigenvalue weighted by atomic mass is 16.5. The van der Waals surface area contributed by atoms with Crippen molar-refractivity contribution in [3.63, 3.8) is 0 Å². The quantitative estimate of drug-likeness (QED) is 0.437. The van der Waals surface area contributed by atoms with Gasteiger partial charge in [0.25, 0.3) is 0 Å². The van der Waals surface area contributed by atoms with Gasteiger partial charge in [-0.15, -0.1) is 0 Å². The number of hydrogen-bond acceptors (Lipinski definition) is 4. The lowest BCUT2D eigenvalue weighted by atomic mass is 10.0. The summed E-state index contributed by atoms with van der Waals surface area (Å²) in [4.78, 5) is 12.0. The number of hydrogen-bond donors (Lipinski definition) is 2. The summed E-state index contributed by atoms with van der Waals surface area (Å²) in [7, 11) is 0. The Bertz CT molecular complexity index is 1310. The second-order valence-corrected chi connectivity index (χ2v) is 7.45. The number of aromatic nitrogens is 3. The van der Waals surface area contributed by atoms with Crippen LogP contribution in [-0.4, -0.2) is 27.6 Å². The molecule has 148 valence electrons. The molecule has 0 unspecified atom stereocenters. The third kappa shape index (κ3) is 3.75. The average molecular weight is 394 g/mol. The maximum Gasteiger partial charge on any atom is 0.138 e. The van der Waals surface area contributed by atoms with Crippen molar-refractivity contribution < 1.29 is 4.74 Å². The number of fused-ring (bicyclic) bond motifs is 2. The number of para-hydroxylation sites is 1. The first-order valence-electron chi connectivity index (χ1n) is 10.00. The van der Waals surface area contributed by atoms with Crippen LogP contribution < -0.4 is 10.5 Å². The van der Waals surface area contributed by atoms with Gasteiger partial charge >= 0.3 is 0 Å². The van der Waals surface area contributed by atoms with Crippen molar-refractivity contribution in [1.29, 1.82) is 0 Å². The Morgan fingerprint density at radius 3 is 2.87 bits per heavy atom. The number of rotatable bonds is 6. The monoisotopic (exact) mass is 394 g/mol. The molecule has 5 nitrogen and oxygen atoms in total. The van der Waals surface area contributed by atoms with E-state index in [9.17, 15) is 0 Å². The highest BCUT2D eigenvalue weighted by Gasteiger charge is 2.10. The summed E-state index contributed by atoms with van der Waals surface area (Å²) in [6.45, 7) is 0.423. The highest BCUT2D eigenvalue weighted by molar-refractivity contribution is 5.84. The molecule has 0 saturated carbocycles. The lowest BCUT2D eigenvalue weighted by molar-refractivity contribution is 0.287. The van der Waals surface area contributed by atoms with Crippen molar-refractivity contribution in [3.05, 3.63) is 91.0 Å². The van der Waals surface area contributed by atoms with Crippen LogP contribution in [0.3, 0.4) is 0 Å². The number of pyridine rings is 2. The molecule has 0 aliphatic rings. The first-order valence-corrected chi connectivity index (χ1v) is 10.00. The summed E-state index contributed by atoms with van der Waals surface area (Å²) >= 11 is 0. The fourth-order valence-corrected chi connectivity index (χ4v) is 3.76. The summed E-state index contributed by atoms with van der Waals surface area (Å²) in [6, 6.07) is 20.3. The predicted octanol–water partition coefficient (Wildman–Crippen LogP) is 4.73. The van der Waals surface area contributed by atoms with E-state index < -0.39 is 0 Å². The highest BCUT2D eigenvalue weighted by Crippen LogP contribution is 2.26. The molecule has 5 rings (SSSR count). The first kappa shape index (κ1) is 18.3. The summed E-state index contributed by atoms with van der Waals surface area (Å²) in [5.74, 6) is 0.716. The molecule has 2 aromatic carbocycles. The smallest absolute Gasteiger partial charge is 0.138 e. The number of ether oxygens (including phenoxy) is 1. The number of nitrogens with one attached hydrogen (secondary N) is 1. The number of nitrogens with two attached hydrogens (primary N) is 1. The van der Waals surface area contributed by atoms with Crippen LogP contribution in [0.1, 0.15) is 5.56 Å². The molecule has 0 aliphatic carbocycles. The minimum absolute atomic E-state index is 0.111. The molecule has 0 spiro atoms. The van der Waals surface area contributed by atoms with E-state index in [-0.39, 0.29) is 6.04 Å². The maximum atomic E-state index is 6.35. The van der Waals surface area contributed by atoms with Gasteiger partial charge < -0.3 is 15.5 Å². The zero-order valence-electron chi connectivity index (χ0n) is 16.5. The van der Waals surface area contributed by atoms with Gasteiger partial charge in [-0.05, 0) is 47.9 Å². The number of nitrogens with zero attached hydrogens (tertiary/aromatic N) is 2. The van der Waals surface area contributed by atoms with E-state index in [1.165, 1.54) is 10.9 Å². The van der Waals surface area contributed by atoms with Crippen molar-refractivity contribution >= 4 is 21.8 Å². The van der Waals surface area contributed by atoms with Crippen molar-refractivity contribution in [2.24, 2.45) is 5.73 Å². The van der Waals surface area contributed by atoms with Gasteiger partial charge in [-0.3, -0.25) is 9.97 Å². The van der Waals surface area contributed by atoms with E-state index in [4.69, 9.17) is 10.5 Å². The van der Waals surface area contributed by atoms with Crippen LogP contribution in [0.4, 0.5) is 0 Å². The molecule has 0 amide bonds. The molecule has 5 aromatic rings. The van der Waals surface area contributed by atoms with Gasteiger partial charge in [-0.25, -0.2) is 0 Å². The summed E-state index contributed by atoms with van der Waals surface area (Å²) in [6.07, 6.45) is 8.15. The van der Waals surface area contributed by atoms with E-state index in [0.29, 0.717) is 12.4 Å². The normalized spacial score (nSPS) is 12.3. The fraction of sp³-hybridized carbons (Fsp3) is 0.120. The second-order valence-electron chi connectivity index (χ2n) is 7.45. The Morgan fingerprint density at radius 2 is 1.90 bits per heavy atom. The summed E-state index contributed by atoms with van der Waals surface area (Å²) < 4.78 is 5.97. The van der Waals surface area contributed by atoms with Crippen LogP contribution >= 0.6 is 0 Å².